The van der Waals surface area contributed by atoms with Gasteiger partial charge in [0.25, 0.3) is 7.82 Å². The molecule has 1 saturated carbocycles. The van der Waals surface area contributed by atoms with E-state index in [1.165, 1.54) is 44.9 Å². The largest absolute Gasteiger partial charge is 0.756 e. The second kappa shape index (κ2) is 11.6. The first kappa shape index (κ1) is 19.2. The molecule has 21 heavy (non-hydrogen) atoms. The predicted molar refractivity (Wildman–Crippen MR) is 84.1 cm³/mol. The third-order valence-corrected chi connectivity index (χ3v) is 5.13. The summed E-state index contributed by atoms with van der Waals surface area (Å²) in [5.41, 5.74) is 0. The normalized spacial score (nSPS) is 19.5. The number of phosphoric acid groups is 1. The van der Waals surface area contributed by atoms with Crippen LogP contribution in [0, 0.1) is 0 Å². The van der Waals surface area contributed by atoms with Crippen LogP contribution >= 0.6 is 7.82 Å². The molecule has 0 N–H and O–H groups in total. The Labute approximate surface area is 130 Å². The molecule has 1 fully saturated rings. The zero-order chi connectivity index (χ0) is 15.4. The van der Waals surface area contributed by atoms with Gasteiger partial charge in [0.15, 0.2) is 0 Å². The maximum absolute atomic E-state index is 11.7. The molecule has 0 aromatic carbocycles. The molecule has 0 spiro atoms. The molecule has 1 aliphatic rings. The SMILES string of the molecule is CCCCCCCCCCOP(=O)([O-])OC1CCCCC1. The molecule has 0 radical (unpaired) electrons. The Kier molecular flexibility index (Phi) is 10.6. The van der Waals surface area contributed by atoms with Crippen molar-refractivity contribution >= 4 is 7.82 Å². The molecule has 1 atom stereocenters. The van der Waals surface area contributed by atoms with Gasteiger partial charge in [0.1, 0.15) is 0 Å². The maximum Gasteiger partial charge on any atom is 0.268 e. The minimum Gasteiger partial charge on any atom is -0.756 e. The van der Waals surface area contributed by atoms with Gasteiger partial charge in [-0.05, 0) is 19.3 Å². The van der Waals surface area contributed by atoms with E-state index in [4.69, 9.17) is 9.05 Å². The fraction of sp³-hybridized carbons (Fsp3) is 1.00. The van der Waals surface area contributed by atoms with Crippen LogP contribution in [0.5, 0.6) is 0 Å². The fourth-order valence-corrected chi connectivity index (χ4v) is 3.79. The van der Waals surface area contributed by atoms with Crippen molar-refractivity contribution in [3.8, 4) is 0 Å². The van der Waals surface area contributed by atoms with E-state index in [0.717, 1.165) is 38.5 Å². The zero-order valence-electron chi connectivity index (χ0n) is 13.6. The molecule has 0 aliphatic heterocycles. The van der Waals surface area contributed by atoms with Crippen LogP contribution in [0.25, 0.3) is 0 Å². The van der Waals surface area contributed by atoms with E-state index in [9.17, 15) is 9.46 Å². The molecule has 0 heterocycles. The van der Waals surface area contributed by atoms with Gasteiger partial charge in [0.05, 0.1) is 12.7 Å². The number of hydrogen-bond acceptors (Lipinski definition) is 4. The van der Waals surface area contributed by atoms with Crippen molar-refractivity contribution in [2.45, 2.75) is 96.5 Å². The van der Waals surface area contributed by atoms with E-state index >= 15 is 0 Å². The van der Waals surface area contributed by atoms with Gasteiger partial charge < -0.3 is 13.9 Å². The van der Waals surface area contributed by atoms with Gasteiger partial charge in [-0.2, -0.15) is 0 Å². The van der Waals surface area contributed by atoms with Crippen molar-refractivity contribution in [1.82, 2.24) is 0 Å². The van der Waals surface area contributed by atoms with Crippen LogP contribution in [0.15, 0.2) is 0 Å². The lowest BCUT2D eigenvalue weighted by Gasteiger charge is -2.30. The molecule has 1 unspecified atom stereocenters. The average molecular weight is 319 g/mol. The van der Waals surface area contributed by atoms with Gasteiger partial charge in [-0.25, -0.2) is 0 Å². The molecular weight excluding hydrogens is 287 g/mol. The standard InChI is InChI=1S/C16H33O4P/c1-2-3-4-5-6-7-8-12-15-19-21(17,18)20-16-13-10-9-11-14-16/h16H,2-15H2,1H3,(H,17,18)/p-1. The summed E-state index contributed by atoms with van der Waals surface area (Å²) in [7, 11) is -4.08. The Morgan fingerprint density at radius 1 is 0.952 bits per heavy atom. The first-order chi connectivity index (χ1) is 10.1. The molecule has 0 bridgehead atoms. The highest BCUT2D eigenvalue weighted by atomic mass is 31.2. The summed E-state index contributed by atoms with van der Waals surface area (Å²) in [5.74, 6) is 0. The van der Waals surface area contributed by atoms with Crippen LogP contribution in [-0.2, 0) is 13.6 Å². The molecule has 126 valence electrons. The van der Waals surface area contributed by atoms with Crippen molar-refractivity contribution in [1.29, 1.82) is 0 Å². The topological polar surface area (TPSA) is 58.6 Å². The first-order valence-corrected chi connectivity index (χ1v) is 10.2. The molecule has 0 aromatic rings. The van der Waals surface area contributed by atoms with Gasteiger partial charge in [-0.1, -0.05) is 71.1 Å². The lowest BCUT2D eigenvalue weighted by atomic mass is 9.98. The number of unbranched alkanes of at least 4 members (excludes halogenated alkanes) is 7. The monoisotopic (exact) mass is 319 g/mol. The number of rotatable bonds is 12. The zero-order valence-corrected chi connectivity index (χ0v) is 14.5. The van der Waals surface area contributed by atoms with Gasteiger partial charge >= 0.3 is 0 Å². The average Bonchev–Trinajstić information content (AvgIpc) is 2.46. The predicted octanol–water partition coefficient (Wildman–Crippen LogP) is 4.96. The Morgan fingerprint density at radius 2 is 1.52 bits per heavy atom. The van der Waals surface area contributed by atoms with E-state index in [-0.39, 0.29) is 12.7 Å². The summed E-state index contributed by atoms with van der Waals surface area (Å²) >= 11 is 0. The minimum atomic E-state index is -4.08. The van der Waals surface area contributed by atoms with E-state index in [0.29, 0.717) is 0 Å². The highest BCUT2D eigenvalue weighted by Gasteiger charge is 2.20. The second-order valence-electron chi connectivity index (χ2n) is 6.12. The third kappa shape index (κ3) is 10.5. The van der Waals surface area contributed by atoms with Crippen molar-refractivity contribution in [2.75, 3.05) is 6.61 Å². The Morgan fingerprint density at radius 3 is 2.14 bits per heavy atom. The third-order valence-electron chi connectivity index (χ3n) is 4.08. The summed E-state index contributed by atoms with van der Waals surface area (Å²) < 4.78 is 21.8. The highest BCUT2D eigenvalue weighted by Crippen LogP contribution is 2.42. The lowest BCUT2D eigenvalue weighted by Crippen LogP contribution is -2.20. The van der Waals surface area contributed by atoms with Crippen LogP contribution in [0.4, 0.5) is 0 Å². The van der Waals surface area contributed by atoms with E-state index in [1.54, 1.807) is 0 Å². The first-order valence-electron chi connectivity index (χ1n) is 8.78. The Bertz CT molecular complexity index is 290. The quantitative estimate of drug-likeness (QED) is 0.377. The van der Waals surface area contributed by atoms with Gasteiger partial charge in [-0.15, -0.1) is 0 Å². The molecule has 1 aliphatic carbocycles. The smallest absolute Gasteiger partial charge is 0.268 e. The lowest BCUT2D eigenvalue weighted by molar-refractivity contribution is -0.230. The molecule has 0 amide bonds. The van der Waals surface area contributed by atoms with Crippen molar-refractivity contribution in [3.63, 3.8) is 0 Å². The van der Waals surface area contributed by atoms with Crippen molar-refractivity contribution in [2.24, 2.45) is 0 Å². The van der Waals surface area contributed by atoms with Gasteiger partial charge in [0.2, 0.25) is 0 Å². The minimum absolute atomic E-state index is 0.152. The molecule has 5 heteroatoms. The Balaban J connectivity index is 1.96. The summed E-state index contributed by atoms with van der Waals surface area (Å²) in [4.78, 5) is 11.7. The van der Waals surface area contributed by atoms with E-state index in [1.807, 2.05) is 0 Å². The van der Waals surface area contributed by atoms with Crippen LogP contribution in [-0.4, -0.2) is 12.7 Å². The van der Waals surface area contributed by atoms with Crippen LogP contribution < -0.4 is 4.89 Å². The maximum atomic E-state index is 11.7. The number of hydrogen-bond donors (Lipinski definition) is 0. The van der Waals surface area contributed by atoms with Crippen molar-refractivity contribution < 1.29 is 18.5 Å². The molecule has 4 nitrogen and oxygen atoms in total. The summed E-state index contributed by atoms with van der Waals surface area (Å²) in [6.07, 6.45) is 14.3. The molecular formula is C16H32O4P-. The molecule has 0 aromatic heterocycles. The van der Waals surface area contributed by atoms with Crippen LogP contribution in [0.3, 0.4) is 0 Å². The van der Waals surface area contributed by atoms with Crippen LogP contribution in [0.1, 0.15) is 90.4 Å². The second-order valence-corrected chi connectivity index (χ2v) is 7.48. The molecule has 0 saturated heterocycles. The van der Waals surface area contributed by atoms with E-state index < -0.39 is 7.82 Å². The van der Waals surface area contributed by atoms with Crippen molar-refractivity contribution in [3.05, 3.63) is 0 Å². The van der Waals surface area contributed by atoms with E-state index in [2.05, 4.69) is 6.92 Å². The summed E-state index contributed by atoms with van der Waals surface area (Å²) in [6, 6.07) is 0. The Hall–Kier alpha value is 0.110. The van der Waals surface area contributed by atoms with Gasteiger partial charge in [-0.3, -0.25) is 4.57 Å². The summed E-state index contributed by atoms with van der Waals surface area (Å²) in [6.45, 7) is 2.48. The van der Waals surface area contributed by atoms with Gasteiger partial charge in [0, 0.05) is 0 Å². The number of phosphoric ester groups is 1. The summed E-state index contributed by atoms with van der Waals surface area (Å²) in [5, 5.41) is 0. The van der Waals surface area contributed by atoms with Crippen LogP contribution in [0.2, 0.25) is 0 Å². The fourth-order valence-electron chi connectivity index (χ4n) is 2.80. The molecule has 1 rings (SSSR count). The highest BCUT2D eigenvalue weighted by molar-refractivity contribution is 7.45.